The van der Waals surface area contributed by atoms with Gasteiger partial charge in [0.05, 0.1) is 0 Å². The molecule has 0 amide bonds. The van der Waals surface area contributed by atoms with Crippen LogP contribution in [0, 0.1) is 5.82 Å². The Morgan fingerprint density at radius 1 is 1.00 bits per heavy atom. The Kier molecular flexibility index (Phi) is 1.89. The molecule has 0 saturated heterocycles. The Labute approximate surface area is 89.8 Å². The third kappa shape index (κ3) is 1.42. The van der Waals surface area contributed by atoms with Gasteiger partial charge in [0.15, 0.2) is 0 Å². The van der Waals surface area contributed by atoms with Gasteiger partial charge in [0.2, 0.25) is 11.5 Å². The van der Waals surface area contributed by atoms with Crippen molar-refractivity contribution in [3.05, 3.63) is 42.5 Å². The van der Waals surface area contributed by atoms with Gasteiger partial charge in [-0.05, 0) is 24.3 Å². The van der Waals surface area contributed by atoms with Crippen LogP contribution in [0.5, 0.6) is 0 Å². The summed E-state index contributed by atoms with van der Waals surface area (Å²) in [4.78, 5) is 12.1. The second kappa shape index (κ2) is 3.37. The van der Waals surface area contributed by atoms with Gasteiger partial charge in [0.1, 0.15) is 5.82 Å². The van der Waals surface area contributed by atoms with Gasteiger partial charge in [0.25, 0.3) is 5.71 Å². The highest BCUT2D eigenvalue weighted by molar-refractivity contribution is 5.67. The van der Waals surface area contributed by atoms with Crippen LogP contribution in [0.3, 0.4) is 0 Å². The van der Waals surface area contributed by atoms with Crippen molar-refractivity contribution < 1.29 is 8.81 Å². The lowest BCUT2D eigenvalue weighted by atomic mass is 10.2. The molecule has 3 aromatic rings. The van der Waals surface area contributed by atoms with Gasteiger partial charge in [-0.3, -0.25) is 0 Å². The Morgan fingerprint density at radius 2 is 1.75 bits per heavy atom. The molecule has 0 radical (unpaired) electrons. The van der Waals surface area contributed by atoms with Crippen LogP contribution < -0.4 is 0 Å². The molecule has 0 fully saturated rings. The summed E-state index contributed by atoms with van der Waals surface area (Å²) >= 11 is 0. The summed E-state index contributed by atoms with van der Waals surface area (Å²) in [7, 11) is 0. The molecule has 78 valence electrons. The number of halogens is 1. The van der Waals surface area contributed by atoms with Crippen LogP contribution in [0.25, 0.3) is 22.8 Å². The average Bonchev–Trinajstić information content (AvgIpc) is 2.73. The summed E-state index contributed by atoms with van der Waals surface area (Å²) in [5.41, 5.74) is 1.52. The Balaban J connectivity index is 2.15. The number of hydrogen-bond donors (Lipinski definition) is 0. The van der Waals surface area contributed by atoms with Gasteiger partial charge in [-0.25, -0.2) is 14.4 Å². The van der Waals surface area contributed by atoms with E-state index in [1.54, 1.807) is 18.3 Å². The van der Waals surface area contributed by atoms with Crippen molar-refractivity contribution in [2.75, 3.05) is 0 Å². The van der Waals surface area contributed by atoms with E-state index in [2.05, 4.69) is 15.0 Å². The van der Waals surface area contributed by atoms with Crippen LogP contribution in [-0.4, -0.2) is 15.0 Å². The summed E-state index contributed by atoms with van der Waals surface area (Å²) in [5, 5.41) is 0. The number of hydrogen-bond acceptors (Lipinski definition) is 4. The lowest BCUT2D eigenvalue weighted by molar-refractivity contribution is 0.605. The van der Waals surface area contributed by atoms with Gasteiger partial charge in [0, 0.05) is 18.0 Å². The summed E-state index contributed by atoms with van der Waals surface area (Å²) in [6.45, 7) is 0. The molecular weight excluding hydrogens is 209 g/mol. The van der Waals surface area contributed by atoms with Gasteiger partial charge >= 0.3 is 0 Å². The van der Waals surface area contributed by atoms with E-state index in [1.807, 2.05) is 0 Å². The molecule has 0 unspecified atom stereocenters. The minimum absolute atomic E-state index is 0.295. The molecule has 0 bridgehead atoms. The fourth-order valence-corrected chi connectivity index (χ4v) is 1.39. The minimum atomic E-state index is -0.295. The standard InChI is InChI=1S/C11H6FN3O/c12-8-3-1-7(2-4-8)10-15-9-11(16-10)14-6-5-13-9/h1-6H. The van der Waals surface area contributed by atoms with E-state index in [4.69, 9.17) is 4.42 Å². The lowest BCUT2D eigenvalue weighted by Crippen LogP contribution is -1.79. The molecule has 0 saturated carbocycles. The van der Waals surface area contributed by atoms with Gasteiger partial charge in [-0.15, -0.1) is 0 Å². The van der Waals surface area contributed by atoms with Gasteiger partial charge in [-0.2, -0.15) is 4.98 Å². The van der Waals surface area contributed by atoms with Crippen molar-refractivity contribution in [1.29, 1.82) is 0 Å². The van der Waals surface area contributed by atoms with Gasteiger partial charge in [-0.1, -0.05) is 0 Å². The van der Waals surface area contributed by atoms with E-state index in [-0.39, 0.29) is 5.82 Å². The molecule has 0 aliphatic rings. The van der Waals surface area contributed by atoms with Crippen LogP contribution in [0.1, 0.15) is 0 Å². The Hall–Kier alpha value is -2.30. The molecule has 1 aromatic carbocycles. The SMILES string of the molecule is Fc1ccc(-c2nc3nccnc3o2)cc1. The number of aromatic nitrogens is 3. The normalized spacial score (nSPS) is 10.8. The first-order chi connectivity index (χ1) is 7.83. The zero-order valence-electron chi connectivity index (χ0n) is 8.09. The predicted octanol–water partition coefficient (Wildman–Crippen LogP) is 2.42. The quantitative estimate of drug-likeness (QED) is 0.625. The zero-order chi connectivity index (χ0) is 11.0. The Bertz CT molecular complexity index is 600. The molecule has 4 nitrogen and oxygen atoms in total. The second-order valence-corrected chi connectivity index (χ2v) is 3.21. The highest BCUT2D eigenvalue weighted by Gasteiger charge is 2.09. The second-order valence-electron chi connectivity index (χ2n) is 3.21. The zero-order valence-corrected chi connectivity index (χ0v) is 8.09. The van der Waals surface area contributed by atoms with Crippen LogP contribution >= 0.6 is 0 Å². The number of fused-ring (bicyclic) bond motifs is 1. The fourth-order valence-electron chi connectivity index (χ4n) is 1.39. The number of oxazole rings is 1. The number of nitrogens with zero attached hydrogens (tertiary/aromatic N) is 3. The van der Waals surface area contributed by atoms with E-state index in [9.17, 15) is 4.39 Å². The summed E-state index contributed by atoms with van der Waals surface area (Å²) in [6.07, 6.45) is 3.07. The Morgan fingerprint density at radius 3 is 2.50 bits per heavy atom. The van der Waals surface area contributed by atoms with Crippen molar-refractivity contribution >= 4 is 11.4 Å². The molecule has 16 heavy (non-hydrogen) atoms. The van der Waals surface area contributed by atoms with E-state index in [0.29, 0.717) is 22.8 Å². The molecular formula is C11H6FN3O. The molecule has 0 atom stereocenters. The third-order valence-electron chi connectivity index (χ3n) is 2.14. The van der Waals surface area contributed by atoms with E-state index < -0.39 is 0 Å². The largest absolute Gasteiger partial charge is 0.416 e. The third-order valence-corrected chi connectivity index (χ3v) is 2.14. The highest BCUT2D eigenvalue weighted by Crippen LogP contribution is 2.21. The maximum atomic E-state index is 12.7. The van der Waals surface area contributed by atoms with Gasteiger partial charge < -0.3 is 4.42 Å². The van der Waals surface area contributed by atoms with Crippen molar-refractivity contribution in [2.24, 2.45) is 0 Å². The summed E-state index contributed by atoms with van der Waals surface area (Å²) in [6, 6.07) is 5.90. The fraction of sp³-hybridized carbons (Fsp3) is 0. The maximum absolute atomic E-state index is 12.7. The van der Waals surface area contributed by atoms with E-state index >= 15 is 0 Å². The van der Waals surface area contributed by atoms with Crippen LogP contribution in [0.15, 0.2) is 41.1 Å². The van der Waals surface area contributed by atoms with E-state index in [0.717, 1.165) is 0 Å². The molecule has 0 N–H and O–H groups in total. The molecule has 2 aromatic heterocycles. The predicted molar refractivity (Wildman–Crippen MR) is 55.0 cm³/mol. The molecule has 0 spiro atoms. The smallest absolute Gasteiger partial charge is 0.266 e. The number of rotatable bonds is 1. The van der Waals surface area contributed by atoms with Crippen molar-refractivity contribution in [1.82, 2.24) is 15.0 Å². The summed E-state index contributed by atoms with van der Waals surface area (Å²) < 4.78 is 18.1. The van der Waals surface area contributed by atoms with Crippen LogP contribution in [0.4, 0.5) is 4.39 Å². The maximum Gasteiger partial charge on any atom is 0.266 e. The van der Waals surface area contributed by atoms with E-state index in [1.165, 1.54) is 18.3 Å². The highest BCUT2D eigenvalue weighted by atomic mass is 19.1. The van der Waals surface area contributed by atoms with Crippen molar-refractivity contribution in [3.8, 4) is 11.5 Å². The molecule has 5 heteroatoms. The molecule has 3 rings (SSSR count). The molecule has 0 aliphatic heterocycles. The van der Waals surface area contributed by atoms with Crippen molar-refractivity contribution in [3.63, 3.8) is 0 Å². The minimum Gasteiger partial charge on any atom is -0.416 e. The summed E-state index contributed by atoms with van der Waals surface area (Å²) in [5.74, 6) is 0.0947. The lowest BCUT2D eigenvalue weighted by Gasteiger charge is -1.92. The number of benzene rings is 1. The monoisotopic (exact) mass is 215 g/mol. The van der Waals surface area contributed by atoms with Crippen molar-refractivity contribution in [2.45, 2.75) is 0 Å². The molecule has 0 aliphatic carbocycles. The van der Waals surface area contributed by atoms with Crippen LogP contribution in [0.2, 0.25) is 0 Å². The first-order valence-corrected chi connectivity index (χ1v) is 4.66. The molecule has 2 heterocycles. The first kappa shape index (κ1) is 8.96. The van der Waals surface area contributed by atoms with Crippen LogP contribution in [-0.2, 0) is 0 Å². The first-order valence-electron chi connectivity index (χ1n) is 4.66. The average molecular weight is 215 g/mol. The topological polar surface area (TPSA) is 51.8 Å².